The van der Waals surface area contributed by atoms with Gasteiger partial charge in [0.05, 0.1) is 0 Å². The third-order valence-corrected chi connectivity index (χ3v) is 3.20. The van der Waals surface area contributed by atoms with Crippen LogP contribution in [0.25, 0.3) is 0 Å². The van der Waals surface area contributed by atoms with Crippen molar-refractivity contribution in [3.8, 4) is 0 Å². The average molecular weight is 251 g/mol. The van der Waals surface area contributed by atoms with Crippen molar-refractivity contribution in [1.29, 1.82) is 0 Å². The maximum Gasteiger partial charge on any atom is 0.217 e. The van der Waals surface area contributed by atoms with Crippen LogP contribution in [0.4, 0.5) is 0 Å². The van der Waals surface area contributed by atoms with E-state index >= 15 is 0 Å². The topological polar surface area (TPSA) is 46.2 Å². The van der Waals surface area contributed by atoms with E-state index in [4.69, 9.17) is 0 Å². The van der Waals surface area contributed by atoms with E-state index in [2.05, 4.69) is 5.32 Å². The van der Waals surface area contributed by atoms with Crippen LogP contribution in [0, 0.1) is 0 Å². The molecule has 0 aromatic heterocycles. The van der Waals surface area contributed by atoms with Crippen molar-refractivity contribution in [3.63, 3.8) is 0 Å². The summed E-state index contributed by atoms with van der Waals surface area (Å²) in [6.45, 7) is 3.04. The summed E-state index contributed by atoms with van der Waals surface area (Å²) in [4.78, 5) is 22.0. The molecule has 0 bridgehead atoms. The lowest BCUT2D eigenvalue weighted by molar-refractivity contribution is -0.119. The lowest BCUT2D eigenvalue weighted by Crippen LogP contribution is -2.37. The van der Waals surface area contributed by atoms with Gasteiger partial charge >= 0.3 is 0 Å². The Morgan fingerprint density at radius 1 is 1.24 bits per heavy atom. The summed E-state index contributed by atoms with van der Waals surface area (Å²) < 4.78 is 0. The highest BCUT2D eigenvalue weighted by atomic mass is 32.2. The fourth-order valence-corrected chi connectivity index (χ4v) is 2.19. The van der Waals surface area contributed by atoms with Gasteiger partial charge in [-0.05, 0) is 12.0 Å². The molecule has 0 saturated carbocycles. The lowest BCUT2D eigenvalue weighted by Gasteiger charge is -2.16. The second-order valence-corrected chi connectivity index (χ2v) is 5.09. The maximum absolute atomic E-state index is 11.1. The molecule has 0 radical (unpaired) electrons. The summed E-state index contributed by atoms with van der Waals surface area (Å²) in [5.41, 5.74) is 1.16. The van der Waals surface area contributed by atoms with Crippen LogP contribution < -0.4 is 5.32 Å². The van der Waals surface area contributed by atoms with Gasteiger partial charge in [0.1, 0.15) is 0 Å². The van der Waals surface area contributed by atoms with Crippen molar-refractivity contribution in [2.45, 2.75) is 26.3 Å². The Morgan fingerprint density at radius 3 is 2.41 bits per heavy atom. The second kappa shape index (κ2) is 7.12. The first-order valence-corrected chi connectivity index (χ1v) is 6.51. The number of thioether (sulfide) groups is 1. The fraction of sp³-hybridized carbons (Fsp3) is 0.385. The van der Waals surface area contributed by atoms with E-state index in [0.717, 1.165) is 12.0 Å². The van der Waals surface area contributed by atoms with Crippen LogP contribution in [-0.2, 0) is 16.0 Å². The van der Waals surface area contributed by atoms with Gasteiger partial charge in [-0.1, -0.05) is 42.1 Å². The largest absolute Gasteiger partial charge is 0.352 e. The SMILES string of the molecule is CC(=O)N[C@H](CSC(C)=O)Cc1ccccc1. The summed E-state index contributed by atoms with van der Waals surface area (Å²) in [7, 11) is 0. The Labute approximate surface area is 106 Å². The van der Waals surface area contributed by atoms with Crippen LogP contribution in [-0.4, -0.2) is 22.8 Å². The predicted molar refractivity (Wildman–Crippen MR) is 70.9 cm³/mol. The van der Waals surface area contributed by atoms with Crippen molar-refractivity contribution >= 4 is 22.8 Å². The van der Waals surface area contributed by atoms with E-state index in [1.165, 1.54) is 25.6 Å². The molecule has 4 heteroatoms. The molecule has 1 aromatic rings. The number of nitrogens with one attached hydrogen (secondary N) is 1. The Kier molecular flexibility index (Phi) is 5.77. The molecule has 1 rings (SSSR count). The van der Waals surface area contributed by atoms with Gasteiger partial charge in [-0.2, -0.15) is 0 Å². The predicted octanol–water partition coefficient (Wildman–Crippen LogP) is 2.01. The molecule has 0 saturated heterocycles. The summed E-state index contributed by atoms with van der Waals surface area (Å²) in [6, 6.07) is 9.95. The zero-order chi connectivity index (χ0) is 12.7. The monoisotopic (exact) mass is 251 g/mol. The third-order valence-electron chi connectivity index (χ3n) is 2.22. The molecule has 0 aliphatic rings. The van der Waals surface area contributed by atoms with Gasteiger partial charge in [0, 0.05) is 25.6 Å². The second-order valence-electron chi connectivity index (χ2n) is 3.89. The minimum Gasteiger partial charge on any atom is -0.352 e. The zero-order valence-corrected chi connectivity index (χ0v) is 10.9. The third kappa shape index (κ3) is 6.12. The van der Waals surface area contributed by atoms with Crippen LogP contribution >= 0.6 is 11.8 Å². The molecule has 1 amide bonds. The molecule has 0 heterocycles. The average Bonchev–Trinajstić information content (AvgIpc) is 2.26. The van der Waals surface area contributed by atoms with Crippen molar-refractivity contribution in [2.24, 2.45) is 0 Å². The van der Waals surface area contributed by atoms with Crippen LogP contribution in [0.2, 0.25) is 0 Å². The summed E-state index contributed by atoms with van der Waals surface area (Å²) in [5, 5.41) is 2.95. The van der Waals surface area contributed by atoms with Gasteiger partial charge in [0.25, 0.3) is 0 Å². The molecule has 0 spiro atoms. The highest BCUT2D eigenvalue weighted by Crippen LogP contribution is 2.09. The molecule has 1 atom stereocenters. The van der Waals surface area contributed by atoms with Crippen molar-refractivity contribution < 1.29 is 9.59 Å². The highest BCUT2D eigenvalue weighted by molar-refractivity contribution is 8.13. The molecule has 3 nitrogen and oxygen atoms in total. The molecule has 0 unspecified atom stereocenters. The van der Waals surface area contributed by atoms with E-state index in [1.54, 1.807) is 0 Å². The molecule has 0 aliphatic heterocycles. The molecule has 1 aromatic carbocycles. The van der Waals surface area contributed by atoms with E-state index in [9.17, 15) is 9.59 Å². The molecule has 1 N–H and O–H groups in total. The Morgan fingerprint density at radius 2 is 1.88 bits per heavy atom. The maximum atomic E-state index is 11.1. The molecule has 0 fully saturated rings. The number of amides is 1. The Balaban J connectivity index is 2.56. The first-order chi connectivity index (χ1) is 8.08. The Bertz CT molecular complexity index is 378. The quantitative estimate of drug-likeness (QED) is 0.870. The zero-order valence-electron chi connectivity index (χ0n) is 10.1. The number of rotatable bonds is 5. The molecule has 17 heavy (non-hydrogen) atoms. The van der Waals surface area contributed by atoms with Crippen molar-refractivity contribution in [2.75, 3.05) is 5.75 Å². The lowest BCUT2D eigenvalue weighted by atomic mass is 10.1. The van der Waals surface area contributed by atoms with Crippen molar-refractivity contribution in [3.05, 3.63) is 35.9 Å². The van der Waals surface area contributed by atoms with Crippen LogP contribution in [0.5, 0.6) is 0 Å². The van der Waals surface area contributed by atoms with Gasteiger partial charge in [0.15, 0.2) is 5.12 Å². The van der Waals surface area contributed by atoms with Gasteiger partial charge < -0.3 is 5.32 Å². The standard InChI is InChI=1S/C13H17NO2S/c1-10(15)14-13(9-17-11(2)16)8-12-6-4-3-5-7-12/h3-7,13H,8-9H2,1-2H3,(H,14,15)/t13-/m0/s1. The van der Waals surface area contributed by atoms with Crippen molar-refractivity contribution in [1.82, 2.24) is 5.32 Å². The normalized spacial score (nSPS) is 11.9. The Hall–Kier alpha value is -1.29. The number of carbonyl (C=O) groups is 2. The summed E-state index contributed by atoms with van der Waals surface area (Å²) in [6.07, 6.45) is 0.751. The first-order valence-electron chi connectivity index (χ1n) is 5.52. The molecule has 0 aliphatic carbocycles. The number of benzene rings is 1. The molecular formula is C13H17NO2S. The smallest absolute Gasteiger partial charge is 0.217 e. The highest BCUT2D eigenvalue weighted by Gasteiger charge is 2.12. The summed E-state index contributed by atoms with van der Waals surface area (Å²) >= 11 is 1.25. The van der Waals surface area contributed by atoms with Crippen LogP contribution in [0.1, 0.15) is 19.4 Å². The van der Waals surface area contributed by atoms with Gasteiger partial charge in [-0.15, -0.1) is 0 Å². The number of carbonyl (C=O) groups excluding carboxylic acids is 2. The van der Waals surface area contributed by atoms with E-state index in [1.807, 2.05) is 30.3 Å². The first kappa shape index (κ1) is 13.8. The van der Waals surface area contributed by atoms with Crippen LogP contribution in [0.15, 0.2) is 30.3 Å². The number of hydrogen-bond acceptors (Lipinski definition) is 3. The van der Waals surface area contributed by atoms with Crippen LogP contribution in [0.3, 0.4) is 0 Å². The number of hydrogen-bond donors (Lipinski definition) is 1. The fourth-order valence-electron chi connectivity index (χ4n) is 1.56. The molecular weight excluding hydrogens is 234 g/mol. The minimum absolute atomic E-state index is 0.00352. The van der Waals surface area contributed by atoms with E-state index < -0.39 is 0 Å². The van der Waals surface area contributed by atoms with Gasteiger partial charge in [-0.25, -0.2) is 0 Å². The summed E-state index contributed by atoms with van der Waals surface area (Å²) in [5.74, 6) is 0.555. The van der Waals surface area contributed by atoms with E-state index in [0.29, 0.717) is 5.75 Å². The van der Waals surface area contributed by atoms with Gasteiger partial charge in [0.2, 0.25) is 5.91 Å². The minimum atomic E-state index is -0.0601. The van der Waals surface area contributed by atoms with E-state index in [-0.39, 0.29) is 17.1 Å². The molecule has 92 valence electrons. The van der Waals surface area contributed by atoms with Gasteiger partial charge in [-0.3, -0.25) is 9.59 Å².